The Labute approximate surface area is 541 Å². The first-order valence-electron chi connectivity index (χ1n) is 32.2. The Kier molecular flexibility index (Phi) is 26.7. The largest absolute Gasteiger partial charge is 0.459 e. The zero-order chi connectivity index (χ0) is 66.7. The molecule has 0 N–H and O–H groups in total. The Morgan fingerprint density at radius 1 is 0.319 bits per heavy atom. The SMILES string of the molecule is CC(=O)OC1(C)CCOC(c2cc(C)cc(C)c2)C1.CC(=O)OC1(C)CCOC(c2ccc(C)cc2)C1.CC(=O)OC1(C)CCOC(c2cccc(C)c2)C1.CC(=O)OC1(C)CCOC(c2cccc(C)c2)C1.CC(=O)OC1(C)CCOC(c2ccccc2C)C1. The molecule has 0 spiro atoms. The summed E-state index contributed by atoms with van der Waals surface area (Å²) in [6.07, 6.45) is 7.46. The molecule has 5 aliphatic rings. The monoisotopic (exact) mass is 1250 g/mol. The molecule has 0 radical (unpaired) electrons. The van der Waals surface area contributed by atoms with Crippen LogP contribution in [0.5, 0.6) is 0 Å². The Bertz CT molecular complexity index is 3110. The first kappa shape index (κ1) is 73.3. The van der Waals surface area contributed by atoms with Gasteiger partial charge in [-0.2, -0.15) is 0 Å². The molecular formula is C76H102O15. The van der Waals surface area contributed by atoms with Crippen LogP contribution in [0, 0.1) is 41.5 Å². The standard InChI is InChI=1S/C16H22O3.4C15H20O3/c1-11-7-12(2)9-14(8-11)15-10-16(4,5-6-18-15)19-13(3)17;1-11-4-6-13(7-5-11)14-10-15(3,8-9-17-14)18-12(2)16;2*1-11-5-4-6-13(9-11)14-10-15(3,7-8-17-14)18-12(2)16;1-11-6-4-5-7-13(11)14-10-15(3,8-9-17-14)18-12(2)16/h7-9,15H,5-6,10H2,1-4H3;4-7,14H,8-10H2,1-3H3;2*4-6,9,14H,7-8,10H2,1-3H3;4-7,14H,8-10H2,1-3H3. The van der Waals surface area contributed by atoms with E-state index in [9.17, 15) is 24.0 Å². The highest BCUT2D eigenvalue weighted by Gasteiger charge is 2.41. The van der Waals surface area contributed by atoms with E-state index < -0.39 is 28.0 Å². The maximum Gasteiger partial charge on any atom is 0.303 e. The van der Waals surface area contributed by atoms with Gasteiger partial charge >= 0.3 is 29.8 Å². The van der Waals surface area contributed by atoms with Crippen LogP contribution < -0.4 is 0 Å². The van der Waals surface area contributed by atoms with Crippen molar-refractivity contribution in [1.82, 2.24) is 0 Å². The molecule has 10 unspecified atom stereocenters. The third-order valence-corrected chi connectivity index (χ3v) is 17.2. The van der Waals surface area contributed by atoms with E-state index in [4.69, 9.17) is 47.4 Å². The van der Waals surface area contributed by atoms with E-state index in [2.05, 4.69) is 133 Å². The highest BCUT2D eigenvalue weighted by molar-refractivity contribution is 5.68. The van der Waals surface area contributed by atoms with E-state index in [1.807, 2.05) is 58.9 Å². The van der Waals surface area contributed by atoms with Gasteiger partial charge in [0.05, 0.1) is 63.6 Å². The van der Waals surface area contributed by atoms with Crippen LogP contribution >= 0.6 is 0 Å². The average Bonchev–Trinajstić information content (AvgIpc) is 1.12. The average molecular weight is 1260 g/mol. The minimum atomic E-state index is -0.410. The Hall–Kier alpha value is -6.75. The first-order valence-corrected chi connectivity index (χ1v) is 32.2. The normalized spacial score (nSPS) is 27.7. The lowest BCUT2D eigenvalue weighted by Gasteiger charge is -2.38. The predicted octanol–water partition coefficient (Wildman–Crippen LogP) is 16.2. The summed E-state index contributed by atoms with van der Waals surface area (Å²) in [6, 6.07) is 39.6. The van der Waals surface area contributed by atoms with Crippen LogP contribution in [0.25, 0.3) is 0 Å². The fourth-order valence-electron chi connectivity index (χ4n) is 12.8. The molecule has 0 aromatic heterocycles. The number of benzene rings is 5. The van der Waals surface area contributed by atoms with E-state index in [1.165, 1.54) is 79.1 Å². The van der Waals surface area contributed by atoms with Gasteiger partial charge < -0.3 is 47.4 Å². The number of carbonyl (C=O) groups excluding carboxylic acids is 5. The molecule has 5 aromatic rings. The summed E-state index contributed by atoms with van der Waals surface area (Å²) in [5, 5.41) is 0. The van der Waals surface area contributed by atoms with Crippen molar-refractivity contribution in [3.8, 4) is 0 Å². The lowest BCUT2D eigenvalue weighted by atomic mass is 9.87. The van der Waals surface area contributed by atoms with Crippen LogP contribution in [0.1, 0.15) is 225 Å². The second-order valence-electron chi connectivity index (χ2n) is 26.8. The molecule has 496 valence electrons. The second kappa shape index (κ2) is 33.2. The van der Waals surface area contributed by atoms with Crippen LogP contribution in [0.3, 0.4) is 0 Å². The van der Waals surface area contributed by atoms with Crippen molar-refractivity contribution in [2.45, 2.75) is 234 Å². The lowest BCUT2D eigenvalue weighted by molar-refractivity contribution is -0.171. The molecule has 91 heavy (non-hydrogen) atoms. The zero-order valence-corrected chi connectivity index (χ0v) is 57.1. The highest BCUT2D eigenvalue weighted by atomic mass is 16.6. The predicted molar refractivity (Wildman–Crippen MR) is 351 cm³/mol. The molecular weight excluding hydrogens is 1150 g/mol. The zero-order valence-electron chi connectivity index (χ0n) is 57.1. The first-order chi connectivity index (χ1) is 42.8. The van der Waals surface area contributed by atoms with Crippen molar-refractivity contribution in [2.24, 2.45) is 0 Å². The minimum Gasteiger partial charge on any atom is -0.459 e. The molecule has 0 saturated carbocycles. The molecule has 15 heteroatoms. The third-order valence-electron chi connectivity index (χ3n) is 17.2. The number of carbonyl (C=O) groups is 5. The topological polar surface area (TPSA) is 178 Å². The molecule has 10 rings (SSSR count). The maximum absolute atomic E-state index is 11.2. The van der Waals surface area contributed by atoms with Gasteiger partial charge in [0.25, 0.3) is 0 Å². The van der Waals surface area contributed by atoms with Gasteiger partial charge in [0.2, 0.25) is 0 Å². The lowest BCUT2D eigenvalue weighted by Crippen LogP contribution is -2.38. The molecule has 5 aliphatic heterocycles. The number of hydrogen-bond acceptors (Lipinski definition) is 15. The smallest absolute Gasteiger partial charge is 0.303 e. The highest BCUT2D eigenvalue weighted by Crippen LogP contribution is 2.42. The van der Waals surface area contributed by atoms with Crippen LogP contribution in [-0.4, -0.2) is 90.9 Å². The van der Waals surface area contributed by atoms with Crippen molar-refractivity contribution in [3.05, 3.63) is 176 Å². The van der Waals surface area contributed by atoms with E-state index in [1.54, 1.807) is 0 Å². The van der Waals surface area contributed by atoms with Crippen LogP contribution in [0.4, 0.5) is 0 Å². The number of aryl methyl sites for hydroxylation is 6. The number of rotatable bonds is 10. The van der Waals surface area contributed by atoms with Gasteiger partial charge in [-0.3, -0.25) is 24.0 Å². The molecule has 5 heterocycles. The summed E-state index contributed by atoms with van der Waals surface area (Å²) >= 11 is 0. The molecule has 15 nitrogen and oxygen atoms in total. The molecule has 10 atom stereocenters. The van der Waals surface area contributed by atoms with E-state index >= 15 is 0 Å². The van der Waals surface area contributed by atoms with Crippen molar-refractivity contribution in [2.75, 3.05) is 33.0 Å². The van der Waals surface area contributed by atoms with Crippen molar-refractivity contribution >= 4 is 29.8 Å². The quantitative estimate of drug-likeness (QED) is 0.0952. The summed E-state index contributed by atoms with van der Waals surface area (Å²) in [5.41, 5.74) is 11.2. The van der Waals surface area contributed by atoms with Gasteiger partial charge in [0.1, 0.15) is 28.0 Å². The second-order valence-corrected chi connectivity index (χ2v) is 26.8. The van der Waals surface area contributed by atoms with Crippen molar-refractivity contribution < 1.29 is 71.3 Å². The van der Waals surface area contributed by atoms with Gasteiger partial charge in [0, 0.05) is 98.8 Å². The summed E-state index contributed by atoms with van der Waals surface area (Å²) in [5.74, 6) is -1.10. The Balaban J connectivity index is 0.000000181. The summed E-state index contributed by atoms with van der Waals surface area (Å²) in [7, 11) is 0. The van der Waals surface area contributed by atoms with Crippen molar-refractivity contribution in [3.63, 3.8) is 0 Å². The van der Waals surface area contributed by atoms with Crippen LogP contribution in [0.15, 0.2) is 115 Å². The van der Waals surface area contributed by atoms with E-state index in [0.717, 1.165) is 80.9 Å². The van der Waals surface area contributed by atoms with Gasteiger partial charge in [-0.25, -0.2) is 0 Å². The molecule has 5 fully saturated rings. The molecule has 0 aliphatic carbocycles. The van der Waals surface area contributed by atoms with Crippen LogP contribution in [-0.2, 0) is 71.3 Å². The van der Waals surface area contributed by atoms with Gasteiger partial charge in [-0.15, -0.1) is 0 Å². The number of ether oxygens (including phenoxy) is 10. The van der Waals surface area contributed by atoms with Crippen LogP contribution in [0.2, 0.25) is 0 Å². The minimum absolute atomic E-state index is 0.0108. The summed E-state index contributed by atoms with van der Waals surface area (Å²) in [4.78, 5) is 55.8. The number of hydrogen-bond donors (Lipinski definition) is 0. The van der Waals surface area contributed by atoms with E-state index in [-0.39, 0.29) is 60.4 Å². The Morgan fingerprint density at radius 3 is 0.945 bits per heavy atom. The molecule has 5 aromatic carbocycles. The maximum atomic E-state index is 11.2. The molecule has 5 saturated heterocycles. The molecule has 0 bridgehead atoms. The fraction of sp³-hybridized carbons (Fsp3) is 0.539. The summed E-state index contributed by atoms with van der Waals surface area (Å²) in [6.45, 7) is 32.8. The fourth-order valence-corrected chi connectivity index (χ4v) is 12.8. The van der Waals surface area contributed by atoms with Gasteiger partial charge in [-0.05, 0) is 110 Å². The third kappa shape index (κ3) is 24.0. The Morgan fingerprint density at radius 2 is 0.615 bits per heavy atom. The van der Waals surface area contributed by atoms with Crippen molar-refractivity contribution in [1.29, 1.82) is 0 Å². The van der Waals surface area contributed by atoms with E-state index in [0.29, 0.717) is 33.0 Å². The summed E-state index contributed by atoms with van der Waals surface area (Å²) < 4.78 is 56.3. The molecule has 0 amide bonds. The van der Waals surface area contributed by atoms with Gasteiger partial charge in [0.15, 0.2) is 0 Å². The number of esters is 5. The van der Waals surface area contributed by atoms with Gasteiger partial charge in [-0.1, -0.05) is 143 Å².